The topological polar surface area (TPSA) is 77.1 Å². The van der Waals surface area contributed by atoms with E-state index >= 15 is 0 Å². The van der Waals surface area contributed by atoms with Gasteiger partial charge in [0.15, 0.2) is 0 Å². The second kappa shape index (κ2) is 4.70. The number of halogens is 1. The van der Waals surface area contributed by atoms with Crippen LogP contribution >= 0.6 is 0 Å². The van der Waals surface area contributed by atoms with E-state index in [2.05, 4.69) is 5.43 Å². The SMILES string of the molecule is NC(=O)c1cccn1NC(=O)c1ccc(F)cc1. The molecule has 0 atom stereocenters. The van der Waals surface area contributed by atoms with Crippen molar-refractivity contribution in [3.8, 4) is 0 Å². The van der Waals surface area contributed by atoms with Gasteiger partial charge in [0.05, 0.1) is 0 Å². The summed E-state index contributed by atoms with van der Waals surface area (Å²) in [4.78, 5) is 22.8. The van der Waals surface area contributed by atoms with E-state index in [1.165, 1.54) is 41.2 Å². The highest BCUT2D eigenvalue weighted by Gasteiger charge is 2.10. The summed E-state index contributed by atoms with van der Waals surface area (Å²) >= 11 is 0. The second-order valence-corrected chi connectivity index (χ2v) is 3.58. The summed E-state index contributed by atoms with van der Waals surface area (Å²) in [5.41, 5.74) is 8.03. The molecule has 2 rings (SSSR count). The number of aromatic nitrogens is 1. The van der Waals surface area contributed by atoms with Crippen molar-refractivity contribution in [3.63, 3.8) is 0 Å². The van der Waals surface area contributed by atoms with Crippen LogP contribution in [-0.4, -0.2) is 16.5 Å². The van der Waals surface area contributed by atoms with Crippen LogP contribution in [0.1, 0.15) is 20.8 Å². The molecule has 92 valence electrons. The molecule has 0 aliphatic carbocycles. The number of benzene rings is 1. The first-order valence-corrected chi connectivity index (χ1v) is 5.12. The zero-order valence-corrected chi connectivity index (χ0v) is 9.26. The zero-order chi connectivity index (χ0) is 13.1. The minimum absolute atomic E-state index is 0.158. The summed E-state index contributed by atoms with van der Waals surface area (Å²) in [5.74, 6) is -1.54. The number of nitrogens with one attached hydrogen (secondary N) is 1. The molecule has 1 heterocycles. The summed E-state index contributed by atoms with van der Waals surface area (Å²) in [6, 6.07) is 8.10. The molecule has 1 aromatic carbocycles. The summed E-state index contributed by atoms with van der Waals surface area (Å²) in [5, 5.41) is 0. The smallest absolute Gasteiger partial charge is 0.270 e. The molecule has 0 saturated heterocycles. The van der Waals surface area contributed by atoms with Crippen molar-refractivity contribution in [2.45, 2.75) is 0 Å². The lowest BCUT2D eigenvalue weighted by molar-refractivity contribution is 0.0988. The number of rotatable bonds is 3. The predicted octanol–water partition coefficient (Wildman–Crippen LogP) is 1.11. The van der Waals surface area contributed by atoms with Crippen molar-refractivity contribution in [2.24, 2.45) is 5.73 Å². The monoisotopic (exact) mass is 247 g/mol. The lowest BCUT2D eigenvalue weighted by atomic mass is 10.2. The first-order chi connectivity index (χ1) is 8.58. The maximum absolute atomic E-state index is 12.7. The van der Waals surface area contributed by atoms with Gasteiger partial charge in [-0.2, -0.15) is 0 Å². The molecule has 2 amide bonds. The van der Waals surface area contributed by atoms with Gasteiger partial charge in [0.25, 0.3) is 11.8 Å². The highest BCUT2D eigenvalue weighted by atomic mass is 19.1. The van der Waals surface area contributed by atoms with Crippen LogP contribution in [0.25, 0.3) is 0 Å². The van der Waals surface area contributed by atoms with E-state index in [0.29, 0.717) is 0 Å². The van der Waals surface area contributed by atoms with Gasteiger partial charge in [-0.15, -0.1) is 0 Å². The molecule has 1 aromatic heterocycles. The van der Waals surface area contributed by atoms with Crippen LogP contribution in [-0.2, 0) is 0 Å². The summed E-state index contributed by atoms with van der Waals surface area (Å²) in [6.45, 7) is 0. The lowest BCUT2D eigenvalue weighted by Crippen LogP contribution is -2.27. The molecule has 0 aliphatic heterocycles. The fourth-order valence-electron chi connectivity index (χ4n) is 1.45. The molecule has 0 spiro atoms. The fraction of sp³-hybridized carbons (Fsp3) is 0. The zero-order valence-electron chi connectivity index (χ0n) is 9.26. The van der Waals surface area contributed by atoms with E-state index in [1.54, 1.807) is 6.07 Å². The van der Waals surface area contributed by atoms with Gasteiger partial charge in [-0.3, -0.25) is 19.7 Å². The molecule has 0 radical (unpaired) electrons. The highest BCUT2D eigenvalue weighted by molar-refractivity contribution is 6.01. The molecule has 0 fully saturated rings. The number of primary amides is 1. The average molecular weight is 247 g/mol. The van der Waals surface area contributed by atoms with Crippen LogP contribution in [0.5, 0.6) is 0 Å². The first-order valence-electron chi connectivity index (χ1n) is 5.12. The van der Waals surface area contributed by atoms with E-state index in [9.17, 15) is 14.0 Å². The predicted molar refractivity (Wildman–Crippen MR) is 63.0 cm³/mol. The fourth-order valence-corrected chi connectivity index (χ4v) is 1.45. The Morgan fingerprint density at radius 3 is 2.44 bits per heavy atom. The molecular weight excluding hydrogens is 237 g/mol. The Morgan fingerprint density at radius 2 is 1.83 bits per heavy atom. The minimum atomic E-state index is -0.653. The quantitative estimate of drug-likeness (QED) is 0.852. The summed E-state index contributed by atoms with van der Waals surface area (Å²) in [6.07, 6.45) is 1.49. The highest BCUT2D eigenvalue weighted by Crippen LogP contribution is 2.04. The van der Waals surface area contributed by atoms with Crippen LogP contribution in [0.15, 0.2) is 42.6 Å². The third-order valence-electron chi connectivity index (χ3n) is 2.33. The largest absolute Gasteiger partial charge is 0.364 e. The van der Waals surface area contributed by atoms with E-state index in [4.69, 9.17) is 5.73 Å². The number of nitrogens with two attached hydrogens (primary N) is 1. The maximum atomic E-state index is 12.7. The van der Waals surface area contributed by atoms with Crippen LogP contribution in [0.4, 0.5) is 4.39 Å². The van der Waals surface area contributed by atoms with Crippen molar-refractivity contribution in [1.29, 1.82) is 0 Å². The summed E-state index contributed by atoms with van der Waals surface area (Å²) < 4.78 is 13.9. The molecule has 5 nitrogen and oxygen atoms in total. The molecule has 0 saturated carbocycles. The number of hydrogen-bond donors (Lipinski definition) is 2. The van der Waals surface area contributed by atoms with Crippen LogP contribution in [0.3, 0.4) is 0 Å². The Kier molecular flexibility index (Phi) is 3.09. The van der Waals surface area contributed by atoms with Crippen molar-refractivity contribution in [3.05, 3.63) is 59.7 Å². The van der Waals surface area contributed by atoms with Gasteiger partial charge in [-0.1, -0.05) is 0 Å². The van der Waals surface area contributed by atoms with Crippen molar-refractivity contribution in [1.82, 2.24) is 4.68 Å². The number of amides is 2. The van der Waals surface area contributed by atoms with Crippen molar-refractivity contribution >= 4 is 11.8 Å². The number of nitrogens with zero attached hydrogens (tertiary/aromatic N) is 1. The standard InChI is InChI=1S/C12H10FN3O2/c13-9-5-3-8(4-6-9)12(18)15-16-7-1-2-10(16)11(14)17/h1-7H,(H2,14,17)(H,15,18). The van der Waals surface area contributed by atoms with Crippen molar-refractivity contribution in [2.75, 3.05) is 5.43 Å². The van der Waals surface area contributed by atoms with Gasteiger partial charge in [-0.25, -0.2) is 4.39 Å². The van der Waals surface area contributed by atoms with E-state index in [1.807, 2.05) is 0 Å². The van der Waals surface area contributed by atoms with Crippen molar-refractivity contribution < 1.29 is 14.0 Å². The molecule has 0 aliphatic rings. The molecule has 18 heavy (non-hydrogen) atoms. The molecule has 0 bridgehead atoms. The minimum Gasteiger partial charge on any atom is -0.364 e. The number of carbonyl (C=O) groups excluding carboxylic acids is 2. The Hall–Kier alpha value is -2.63. The molecule has 6 heteroatoms. The molecular formula is C12H10FN3O2. The normalized spacial score (nSPS) is 10.1. The Balaban J connectivity index is 2.19. The lowest BCUT2D eigenvalue weighted by Gasteiger charge is -2.08. The third-order valence-corrected chi connectivity index (χ3v) is 2.33. The van der Waals surface area contributed by atoms with Crippen LogP contribution < -0.4 is 11.2 Å². The molecule has 0 unspecified atom stereocenters. The van der Waals surface area contributed by atoms with Crippen LogP contribution in [0, 0.1) is 5.82 Å². The van der Waals surface area contributed by atoms with Gasteiger partial charge in [0.2, 0.25) is 0 Å². The summed E-state index contributed by atoms with van der Waals surface area (Å²) in [7, 11) is 0. The third kappa shape index (κ3) is 2.37. The van der Waals surface area contributed by atoms with Gasteiger partial charge in [0, 0.05) is 11.8 Å². The second-order valence-electron chi connectivity index (χ2n) is 3.58. The van der Waals surface area contributed by atoms with Gasteiger partial charge in [0.1, 0.15) is 11.5 Å². The van der Waals surface area contributed by atoms with E-state index in [0.717, 1.165) is 0 Å². The molecule has 3 N–H and O–H groups in total. The van der Waals surface area contributed by atoms with E-state index < -0.39 is 17.6 Å². The maximum Gasteiger partial charge on any atom is 0.270 e. The number of carbonyl (C=O) groups is 2. The van der Waals surface area contributed by atoms with E-state index in [-0.39, 0.29) is 11.3 Å². The van der Waals surface area contributed by atoms with Gasteiger partial charge < -0.3 is 5.73 Å². The first kappa shape index (κ1) is 11.8. The Morgan fingerprint density at radius 1 is 1.17 bits per heavy atom. The van der Waals surface area contributed by atoms with Gasteiger partial charge in [-0.05, 0) is 36.4 Å². The van der Waals surface area contributed by atoms with Crippen LogP contribution in [0.2, 0.25) is 0 Å². The molecule has 2 aromatic rings. The van der Waals surface area contributed by atoms with Gasteiger partial charge >= 0.3 is 0 Å². The Labute approximate surface area is 102 Å². The number of hydrogen-bond acceptors (Lipinski definition) is 2. The Bertz CT molecular complexity index is 590. The average Bonchev–Trinajstić information content (AvgIpc) is 2.78.